The summed E-state index contributed by atoms with van der Waals surface area (Å²) in [6.45, 7) is 4.48. The largest absolute Gasteiger partial charge is 0.317 e. The van der Waals surface area contributed by atoms with E-state index in [1.54, 1.807) is 11.5 Å². The van der Waals surface area contributed by atoms with Gasteiger partial charge in [0, 0.05) is 22.2 Å². The molecule has 0 aliphatic heterocycles. The van der Waals surface area contributed by atoms with Gasteiger partial charge in [0.05, 0.1) is 5.52 Å². The van der Waals surface area contributed by atoms with Crippen LogP contribution in [0.25, 0.3) is 10.9 Å². The summed E-state index contributed by atoms with van der Waals surface area (Å²) in [5, 5.41) is 4.67. The molecule has 0 spiro atoms. The molecule has 2 rings (SSSR count). The van der Waals surface area contributed by atoms with Gasteiger partial charge in [-0.25, -0.2) is 0 Å². The molecular formula is C13H18N2S. The van der Waals surface area contributed by atoms with Gasteiger partial charge in [-0.05, 0) is 38.0 Å². The van der Waals surface area contributed by atoms with Crippen molar-refractivity contribution in [3.8, 4) is 0 Å². The quantitative estimate of drug-likeness (QED) is 0.877. The molecular weight excluding hydrogens is 216 g/mol. The summed E-state index contributed by atoms with van der Waals surface area (Å²) in [5.41, 5.74) is 1.13. The highest BCUT2D eigenvalue weighted by Crippen LogP contribution is 2.33. The Morgan fingerprint density at radius 1 is 1.38 bits per heavy atom. The molecule has 0 amide bonds. The molecule has 1 N–H and O–H groups in total. The lowest BCUT2D eigenvalue weighted by Crippen LogP contribution is -2.28. The first-order valence-electron chi connectivity index (χ1n) is 5.79. The lowest BCUT2D eigenvalue weighted by Gasteiger charge is -2.20. The van der Waals surface area contributed by atoms with Crippen LogP contribution in [0.15, 0.2) is 24.3 Å². The van der Waals surface area contributed by atoms with Crippen LogP contribution in [0.1, 0.15) is 31.1 Å². The summed E-state index contributed by atoms with van der Waals surface area (Å²) in [6.07, 6.45) is 1.15. The highest BCUT2D eigenvalue weighted by Gasteiger charge is 2.20. The van der Waals surface area contributed by atoms with Crippen molar-refractivity contribution >= 4 is 22.4 Å². The fourth-order valence-corrected chi connectivity index (χ4v) is 3.28. The molecule has 0 bridgehead atoms. The summed E-state index contributed by atoms with van der Waals surface area (Å²) in [6, 6.07) is 8.91. The van der Waals surface area contributed by atoms with E-state index < -0.39 is 0 Å². The van der Waals surface area contributed by atoms with E-state index in [2.05, 4.69) is 41.7 Å². The first-order chi connectivity index (χ1) is 7.77. The van der Waals surface area contributed by atoms with Gasteiger partial charge in [0.25, 0.3) is 0 Å². The minimum Gasteiger partial charge on any atom is -0.317 e. The van der Waals surface area contributed by atoms with Crippen molar-refractivity contribution in [2.24, 2.45) is 0 Å². The van der Waals surface area contributed by atoms with Gasteiger partial charge in [-0.2, -0.15) is 4.37 Å². The maximum atomic E-state index is 4.52. The fraction of sp³-hybridized carbons (Fsp3) is 0.462. The van der Waals surface area contributed by atoms with Crippen LogP contribution in [0, 0.1) is 0 Å². The van der Waals surface area contributed by atoms with E-state index in [9.17, 15) is 0 Å². The average molecular weight is 234 g/mol. The Morgan fingerprint density at radius 2 is 2.12 bits per heavy atom. The molecule has 0 saturated heterocycles. The van der Waals surface area contributed by atoms with E-state index in [-0.39, 0.29) is 0 Å². The predicted molar refractivity (Wildman–Crippen MR) is 71.2 cm³/mol. The zero-order valence-electron chi connectivity index (χ0n) is 10.0. The maximum absolute atomic E-state index is 4.52. The fourth-order valence-electron chi connectivity index (χ4n) is 2.14. The van der Waals surface area contributed by atoms with Crippen molar-refractivity contribution in [3.05, 3.63) is 29.1 Å². The zero-order chi connectivity index (χ0) is 11.5. The maximum Gasteiger partial charge on any atom is 0.0843 e. The number of hydrogen-bond acceptors (Lipinski definition) is 3. The number of nitrogens with zero attached hydrogens (tertiary/aromatic N) is 1. The van der Waals surface area contributed by atoms with E-state index in [1.165, 1.54) is 10.3 Å². The molecule has 86 valence electrons. The smallest absolute Gasteiger partial charge is 0.0843 e. The minimum absolute atomic E-state index is 0.494. The van der Waals surface area contributed by atoms with Gasteiger partial charge in [0.15, 0.2) is 0 Å². The third kappa shape index (κ3) is 1.97. The number of nitrogens with one attached hydrogen (secondary N) is 1. The lowest BCUT2D eigenvalue weighted by molar-refractivity contribution is 0.491. The number of likely N-dealkylation sites (N-methyl/N-ethyl adjacent to an activating group) is 1. The van der Waals surface area contributed by atoms with Gasteiger partial charge in [0.2, 0.25) is 0 Å². The van der Waals surface area contributed by atoms with Gasteiger partial charge in [-0.15, -0.1) is 0 Å². The summed E-state index contributed by atoms with van der Waals surface area (Å²) in [4.78, 5) is 1.42. The second-order valence-corrected chi connectivity index (χ2v) is 4.96. The number of hydrogen-bond donors (Lipinski definition) is 1. The number of fused-ring (bicyclic) bond motifs is 1. The van der Waals surface area contributed by atoms with Gasteiger partial charge in [-0.1, -0.05) is 25.1 Å². The van der Waals surface area contributed by atoms with Crippen LogP contribution in [0.5, 0.6) is 0 Å². The minimum atomic E-state index is 0.494. The van der Waals surface area contributed by atoms with Crippen LogP contribution in [0.2, 0.25) is 0 Å². The van der Waals surface area contributed by atoms with E-state index in [1.807, 2.05) is 13.1 Å². The van der Waals surface area contributed by atoms with E-state index in [0.29, 0.717) is 12.0 Å². The summed E-state index contributed by atoms with van der Waals surface area (Å²) in [7, 11) is 2.02. The summed E-state index contributed by atoms with van der Waals surface area (Å²) < 4.78 is 4.52. The molecule has 0 radical (unpaired) electrons. The van der Waals surface area contributed by atoms with Crippen molar-refractivity contribution in [2.75, 3.05) is 7.05 Å². The van der Waals surface area contributed by atoms with Crippen molar-refractivity contribution < 1.29 is 0 Å². The molecule has 2 unspecified atom stereocenters. The van der Waals surface area contributed by atoms with Crippen molar-refractivity contribution in [1.29, 1.82) is 0 Å². The lowest BCUT2D eigenvalue weighted by atomic mass is 9.94. The molecule has 2 atom stereocenters. The Bertz CT molecular complexity index is 464. The monoisotopic (exact) mass is 234 g/mol. The van der Waals surface area contributed by atoms with Crippen LogP contribution >= 0.6 is 11.5 Å². The molecule has 1 heterocycles. The standard InChI is InChI=1S/C13H18N2S/c1-4-10(9(2)14-3)13-11-7-5-6-8-12(11)15-16-13/h5-10,14H,4H2,1-3H3. The second-order valence-electron chi connectivity index (χ2n) is 4.16. The molecule has 3 heteroatoms. The van der Waals surface area contributed by atoms with Crippen LogP contribution in [0.4, 0.5) is 0 Å². The van der Waals surface area contributed by atoms with E-state index in [4.69, 9.17) is 0 Å². The Kier molecular flexibility index (Phi) is 3.56. The Morgan fingerprint density at radius 3 is 2.81 bits per heavy atom. The van der Waals surface area contributed by atoms with Crippen LogP contribution < -0.4 is 5.32 Å². The average Bonchev–Trinajstić information content (AvgIpc) is 2.74. The molecule has 1 aromatic carbocycles. The van der Waals surface area contributed by atoms with E-state index in [0.717, 1.165) is 11.9 Å². The van der Waals surface area contributed by atoms with Gasteiger partial charge < -0.3 is 5.32 Å². The zero-order valence-corrected chi connectivity index (χ0v) is 10.8. The van der Waals surface area contributed by atoms with Gasteiger partial charge in [-0.3, -0.25) is 0 Å². The molecule has 0 aliphatic carbocycles. The van der Waals surface area contributed by atoms with Crippen LogP contribution in [-0.4, -0.2) is 17.5 Å². The first kappa shape index (κ1) is 11.6. The molecule has 1 aromatic heterocycles. The highest BCUT2D eigenvalue weighted by molar-refractivity contribution is 7.07. The van der Waals surface area contributed by atoms with Crippen LogP contribution in [0.3, 0.4) is 0 Å². The second kappa shape index (κ2) is 4.93. The molecule has 2 nitrogen and oxygen atoms in total. The van der Waals surface area contributed by atoms with E-state index >= 15 is 0 Å². The number of aromatic nitrogens is 1. The summed E-state index contributed by atoms with van der Waals surface area (Å²) in [5.74, 6) is 0.558. The normalized spacial score (nSPS) is 15.2. The van der Waals surface area contributed by atoms with Crippen molar-refractivity contribution in [3.63, 3.8) is 0 Å². The first-order valence-corrected chi connectivity index (χ1v) is 6.56. The predicted octanol–water partition coefficient (Wildman–Crippen LogP) is 3.40. The topological polar surface area (TPSA) is 24.9 Å². The molecule has 16 heavy (non-hydrogen) atoms. The Balaban J connectivity index is 2.45. The molecule has 0 saturated carbocycles. The Hall–Kier alpha value is -0.930. The molecule has 2 aromatic rings. The van der Waals surface area contributed by atoms with Crippen LogP contribution in [-0.2, 0) is 0 Å². The van der Waals surface area contributed by atoms with Gasteiger partial charge >= 0.3 is 0 Å². The third-order valence-electron chi connectivity index (χ3n) is 3.25. The third-order valence-corrected chi connectivity index (χ3v) is 4.25. The Labute approximate surface area is 101 Å². The number of benzene rings is 1. The van der Waals surface area contributed by atoms with Crippen molar-refractivity contribution in [1.82, 2.24) is 9.69 Å². The highest BCUT2D eigenvalue weighted by atomic mass is 32.1. The molecule has 0 aliphatic rings. The summed E-state index contributed by atoms with van der Waals surface area (Å²) >= 11 is 1.65. The number of rotatable bonds is 4. The van der Waals surface area contributed by atoms with Gasteiger partial charge in [0.1, 0.15) is 0 Å². The van der Waals surface area contributed by atoms with Crippen molar-refractivity contribution in [2.45, 2.75) is 32.2 Å². The molecule has 0 fully saturated rings. The SMILES string of the molecule is CCC(c1snc2ccccc12)C(C)NC.